The Morgan fingerprint density at radius 3 is 2.47 bits per heavy atom. The first-order chi connectivity index (χ1) is 7.09. The Bertz CT molecular complexity index is 356. The molecule has 82 valence electrons. The molecule has 1 aromatic carbocycles. The van der Waals surface area contributed by atoms with Crippen LogP contribution in [0.1, 0.15) is 42.4 Å². The van der Waals surface area contributed by atoms with E-state index in [0.717, 1.165) is 0 Å². The van der Waals surface area contributed by atoms with E-state index >= 15 is 0 Å². The number of aryl methyl sites for hydroxylation is 2. The summed E-state index contributed by atoms with van der Waals surface area (Å²) in [6, 6.07) is 6.79. The highest BCUT2D eigenvalue weighted by molar-refractivity contribution is 6.21. The maximum Gasteiger partial charge on any atom is 0.0367 e. The monoisotopic (exact) mass is 222 g/mol. The van der Waals surface area contributed by atoms with Crippen molar-refractivity contribution >= 4 is 11.6 Å². The molecule has 0 radical (unpaired) electrons. The van der Waals surface area contributed by atoms with Crippen LogP contribution in [0.5, 0.6) is 0 Å². The first-order valence-electron chi connectivity index (χ1n) is 5.81. The maximum atomic E-state index is 6.29. The van der Waals surface area contributed by atoms with Crippen LogP contribution in [0.2, 0.25) is 0 Å². The minimum Gasteiger partial charge on any atom is -0.123 e. The number of rotatable bonds is 1. The molecule has 3 unspecified atom stereocenters. The number of hydrogen-bond acceptors (Lipinski definition) is 0. The fourth-order valence-electron chi connectivity index (χ4n) is 2.80. The van der Waals surface area contributed by atoms with E-state index in [-0.39, 0.29) is 0 Å². The molecule has 2 rings (SSSR count). The van der Waals surface area contributed by atoms with Crippen molar-refractivity contribution in [1.82, 2.24) is 0 Å². The summed E-state index contributed by atoms with van der Waals surface area (Å²) in [4.78, 5) is 0. The van der Waals surface area contributed by atoms with Gasteiger partial charge in [-0.3, -0.25) is 0 Å². The first kappa shape index (κ1) is 11.0. The van der Waals surface area contributed by atoms with E-state index in [0.29, 0.717) is 17.2 Å². The molecule has 0 spiro atoms. The van der Waals surface area contributed by atoms with Gasteiger partial charge < -0.3 is 0 Å². The lowest BCUT2D eigenvalue weighted by Crippen LogP contribution is -2.10. The summed E-state index contributed by atoms with van der Waals surface area (Å²) in [5, 5.41) is 0.371. The second-order valence-electron chi connectivity index (χ2n) is 4.92. The molecule has 0 aromatic heterocycles. The van der Waals surface area contributed by atoms with Crippen LogP contribution in [-0.2, 0) is 0 Å². The van der Waals surface area contributed by atoms with E-state index in [9.17, 15) is 0 Å². The zero-order chi connectivity index (χ0) is 11.0. The predicted molar refractivity (Wildman–Crippen MR) is 66.7 cm³/mol. The van der Waals surface area contributed by atoms with E-state index < -0.39 is 0 Å². The van der Waals surface area contributed by atoms with Crippen LogP contribution < -0.4 is 0 Å². The average molecular weight is 223 g/mol. The minimum absolute atomic E-state index is 0.371. The van der Waals surface area contributed by atoms with Crippen molar-refractivity contribution in [2.24, 2.45) is 5.92 Å². The number of halogens is 1. The van der Waals surface area contributed by atoms with Gasteiger partial charge in [0.05, 0.1) is 0 Å². The highest BCUT2D eigenvalue weighted by Crippen LogP contribution is 2.43. The van der Waals surface area contributed by atoms with Crippen molar-refractivity contribution in [3.63, 3.8) is 0 Å². The van der Waals surface area contributed by atoms with Gasteiger partial charge in [0.2, 0.25) is 0 Å². The molecule has 0 bridgehead atoms. The molecule has 1 fully saturated rings. The quantitative estimate of drug-likeness (QED) is 0.617. The fourth-order valence-corrected chi connectivity index (χ4v) is 3.10. The van der Waals surface area contributed by atoms with Crippen LogP contribution in [0.15, 0.2) is 18.2 Å². The van der Waals surface area contributed by atoms with Gasteiger partial charge in [0.25, 0.3) is 0 Å². The summed E-state index contributed by atoms with van der Waals surface area (Å²) < 4.78 is 0. The Morgan fingerprint density at radius 1 is 1.20 bits per heavy atom. The van der Waals surface area contributed by atoms with Crippen LogP contribution in [0.25, 0.3) is 0 Å². The lowest BCUT2D eigenvalue weighted by atomic mass is 9.87. The second-order valence-corrected chi connectivity index (χ2v) is 5.48. The van der Waals surface area contributed by atoms with E-state index in [1.807, 2.05) is 0 Å². The van der Waals surface area contributed by atoms with Gasteiger partial charge >= 0.3 is 0 Å². The molecule has 15 heavy (non-hydrogen) atoms. The van der Waals surface area contributed by atoms with E-state index in [4.69, 9.17) is 11.6 Å². The smallest absolute Gasteiger partial charge is 0.0367 e. The summed E-state index contributed by atoms with van der Waals surface area (Å²) in [5.41, 5.74) is 4.29. The van der Waals surface area contributed by atoms with Gasteiger partial charge in [0.15, 0.2) is 0 Å². The minimum atomic E-state index is 0.371. The van der Waals surface area contributed by atoms with Crippen molar-refractivity contribution in [2.45, 2.75) is 44.9 Å². The SMILES string of the molecule is Cc1ccc(C2CCC(Cl)C2C)c(C)c1. The molecular weight excluding hydrogens is 204 g/mol. The van der Waals surface area contributed by atoms with Gasteiger partial charge in [0, 0.05) is 5.38 Å². The Balaban J connectivity index is 2.30. The Morgan fingerprint density at radius 2 is 1.93 bits per heavy atom. The predicted octanol–water partition coefficient (Wildman–Crippen LogP) is 4.42. The van der Waals surface area contributed by atoms with E-state index in [1.54, 1.807) is 0 Å². The summed E-state index contributed by atoms with van der Waals surface area (Å²) in [6.07, 6.45) is 2.42. The first-order valence-corrected chi connectivity index (χ1v) is 6.24. The van der Waals surface area contributed by atoms with Crippen molar-refractivity contribution in [3.8, 4) is 0 Å². The van der Waals surface area contributed by atoms with Gasteiger partial charge in [-0.1, -0.05) is 30.7 Å². The summed E-state index contributed by atoms with van der Waals surface area (Å²) in [5.74, 6) is 1.29. The van der Waals surface area contributed by atoms with Crippen LogP contribution in [0.4, 0.5) is 0 Å². The molecule has 1 aromatic rings. The molecular formula is C14H19Cl. The fraction of sp³-hybridized carbons (Fsp3) is 0.571. The molecule has 3 atom stereocenters. The zero-order valence-corrected chi connectivity index (χ0v) is 10.5. The van der Waals surface area contributed by atoms with Crippen molar-refractivity contribution in [2.75, 3.05) is 0 Å². The van der Waals surface area contributed by atoms with Crippen LogP contribution in [0.3, 0.4) is 0 Å². The summed E-state index contributed by atoms with van der Waals surface area (Å²) in [6.45, 7) is 6.66. The average Bonchev–Trinajstić information content (AvgIpc) is 2.49. The molecule has 0 nitrogen and oxygen atoms in total. The van der Waals surface area contributed by atoms with Crippen molar-refractivity contribution < 1.29 is 0 Å². The lowest BCUT2D eigenvalue weighted by Gasteiger charge is -2.20. The molecule has 1 aliphatic carbocycles. The summed E-state index contributed by atoms with van der Waals surface area (Å²) in [7, 11) is 0. The molecule has 1 aliphatic rings. The highest BCUT2D eigenvalue weighted by Gasteiger charge is 2.32. The van der Waals surface area contributed by atoms with Gasteiger partial charge in [0.1, 0.15) is 0 Å². The third-order valence-corrected chi connectivity index (χ3v) is 4.40. The zero-order valence-electron chi connectivity index (χ0n) is 9.76. The van der Waals surface area contributed by atoms with Gasteiger partial charge in [-0.2, -0.15) is 0 Å². The third kappa shape index (κ3) is 2.06. The van der Waals surface area contributed by atoms with Gasteiger partial charge in [-0.05, 0) is 49.7 Å². The Labute approximate surface area is 97.6 Å². The Kier molecular flexibility index (Phi) is 3.06. The van der Waals surface area contributed by atoms with Gasteiger partial charge in [-0.15, -0.1) is 11.6 Å². The van der Waals surface area contributed by atoms with Gasteiger partial charge in [-0.25, -0.2) is 0 Å². The van der Waals surface area contributed by atoms with Crippen LogP contribution in [-0.4, -0.2) is 5.38 Å². The molecule has 0 heterocycles. The van der Waals surface area contributed by atoms with E-state index in [2.05, 4.69) is 39.0 Å². The molecule has 1 saturated carbocycles. The molecule has 0 amide bonds. The normalized spacial score (nSPS) is 30.8. The molecule has 1 heteroatoms. The third-order valence-electron chi connectivity index (χ3n) is 3.78. The molecule has 0 N–H and O–H groups in total. The van der Waals surface area contributed by atoms with Crippen molar-refractivity contribution in [1.29, 1.82) is 0 Å². The highest BCUT2D eigenvalue weighted by atomic mass is 35.5. The van der Waals surface area contributed by atoms with E-state index in [1.165, 1.54) is 29.5 Å². The summed E-state index contributed by atoms with van der Waals surface area (Å²) >= 11 is 6.29. The topological polar surface area (TPSA) is 0 Å². The molecule has 0 aliphatic heterocycles. The Hall–Kier alpha value is -0.490. The standard InChI is InChI=1S/C14H19Cl/c1-9-4-5-12(10(2)8-9)13-6-7-14(15)11(13)3/h4-5,8,11,13-14H,6-7H2,1-3H3. The van der Waals surface area contributed by atoms with Crippen molar-refractivity contribution in [3.05, 3.63) is 34.9 Å². The van der Waals surface area contributed by atoms with Crippen LogP contribution >= 0.6 is 11.6 Å². The molecule has 0 saturated heterocycles. The lowest BCUT2D eigenvalue weighted by molar-refractivity contribution is 0.535. The number of benzene rings is 1. The second kappa shape index (κ2) is 4.17. The number of hydrogen-bond donors (Lipinski definition) is 0. The maximum absolute atomic E-state index is 6.29. The number of alkyl halides is 1. The van der Waals surface area contributed by atoms with Crippen LogP contribution in [0, 0.1) is 19.8 Å². The largest absolute Gasteiger partial charge is 0.123 e.